The van der Waals surface area contributed by atoms with Gasteiger partial charge in [-0.1, -0.05) is 66.7 Å². The highest BCUT2D eigenvalue weighted by molar-refractivity contribution is 8.00. The Bertz CT molecular complexity index is 2080. The molecule has 0 aliphatic heterocycles. The lowest BCUT2D eigenvalue weighted by molar-refractivity contribution is -0.114. The first-order valence-electron chi connectivity index (χ1n) is 16.2. The van der Waals surface area contributed by atoms with Crippen molar-refractivity contribution in [3.63, 3.8) is 0 Å². The topological polar surface area (TPSA) is 114 Å². The van der Waals surface area contributed by atoms with Gasteiger partial charge in [0.05, 0.1) is 18.4 Å². The Morgan fingerprint density at radius 2 is 1.63 bits per heavy atom. The van der Waals surface area contributed by atoms with Gasteiger partial charge in [0.25, 0.3) is 11.8 Å². The molecule has 0 saturated heterocycles. The molecular weight excluding hydrogens is 686 g/mol. The minimum Gasteiger partial charge on any atom is -0.465 e. The summed E-state index contributed by atoms with van der Waals surface area (Å²) in [5.74, 6) is -1.86. The summed E-state index contributed by atoms with van der Waals surface area (Å²) in [6, 6.07) is 31.3. The second-order valence-electron chi connectivity index (χ2n) is 11.8. The maximum absolute atomic E-state index is 13.5. The highest BCUT2D eigenvalue weighted by Gasteiger charge is 2.30. The molecule has 8 nitrogen and oxygen atoms in total. The van der Waals surface area contributed by atoms with Crippen LogP contribution in [0, 0.1) is 5.82 Å². The zero-order valence-corrected chi connectivity index (χ0v) is 29.2. The minimum absolute atomic E-state index is 0.0389. The van der Waals surface area contributed by atoms with Crippen molar-refractivity contribution >= 4 is 63.6 Å². The van der Waals surface area contributed by atoms with Gasteiger partial charge in [-0.2, -0.15) is 0 Å². The van der Waals surface area contributed by atoms with E-state index in [1.165, 1.54) is 66.1 Å². The third kappa shape index (κ3) is 8.99. The molecule has 1 aliphatic rings. The van der Waals surface area contributed by atoms with E-state index in [1.807, 2.05) is 24.3 Å². The second-order valence-corrected chi connectivity index (χ2v) is 14.0. The van der Waals surface area contributed by atoms with E-state index in [4.69, 9.17) is 4.74 Å². The first kappa shape index (κ1) is 35.3. The largest absolute Gasteiger partial charge is 0.465 e. The Labute approximate surface area is 303 Å². The SMILES string of the molecule is COC(=O)c1c(NC(=O)CSc2cccc(NC(=O)/C(=C/c3ccc(F)cc3)NC(=O)c3ccccc3)c2)sc2c1CCC(c1ccccc1)C2. The molecule has 3 amide bonds. The Morgan fingerprint density at radius 1 is 0.902 bits per heavy atom. The number of rotatable bonds is 11. The lowest BCUT2D eigenvalue weighted by atomic mass is 9.83. The van der Waals surface area contributed by atoms with Crippen molar-refractivity contribution in [1.82, 2.24) is 5.32 Å². The van der Waals surface area contributed by atoms with E-state index in [1.54, 1.807) is 48.5 Å². The maximum atomic E-state index is 13.5. The van der Waals surface area contributed by atoms with E-state index in [0.29, 0.717) is 38.2 Å². The number of esters is 1. The van der Waals surface area contributed by atoms with Gasteiger partial charge < -0.3 is 20.7 Å². The number of anilines is 2. The molecule has 1 aliphatic carbocycles. The molecule has 1 heterocycles. The van der Waals surface area contributed by atoms with Crippen LogP contribution in [-0.2, 0) is 27.2 Å². The highest BCUT2D eigenvalue weighted by Crippen LogP contribution is 2.43. The molecule has 0 bridgehead atoms. The van der Waals surface area contributed by atoms with E-state index in [9.17, 15) is 23.6 Å². The molecule has 0 radical (unpaired) electrons. The Kier molecular flexibility index (Phi) is 11.4. The predicted molar refractivity (Wildman–Crippen MR) is 200 cm³/mol. The fourth-order valence-electron chi connectivity index (χ4n) is 5.84. The lowest BCUT2D eigenvalue weighted by Crippen LogP contribution is -2.30. The average molecular weight is 720 g/mol. The maximum Gasteiger partial charge on any atom is 0.341 e. The van der Waals surface area contributed by atoms with Crippen LogP contribution >= 0.6 is 23.1 Å². The summed E-state index contributed by atoms with van der Waals surface area (Å²) in [4.78, 5) is 54.2. The van der Waals surface area contributed by atoms with Crippen LogP contribution in [0.15, 0.2) is 120 Å². The molecule has 0 fully saturated rings. The Hall–Kier alpha value is -5.52. The summed E-state index contributed by atoms with van der Waals surface area (Å²) in [6.45, 7) is 0. The van der Waals surface area contributed by atoms with Crippen LogP contribution in [-0.4, -0.2) is 36.6 Å². The zero-order chi connectivity index (χ0) is 35.7. The number of nitrogens with one attached hydrogen (secondary N) is 3. The van der Waals surface area contributed by atoms with E-state index in [0.717, 1.165) is 29.7 Å². The van der Waals surface area contributed by atoms with Crippen LogP contribution < -0.4 is 16.0 Å². The number of halogens is 1. The third-order valence-corrected chi connectivity index (χ3v) is 10.5. The summed E-state index contributed by atoms with van der Waals surface area (Å²) in [5.41, 5.74) is 3.91. The number of amides is 3. The fourth-order valence-corrected chi connectivity index (χ4v) is 7.93. The molecule has 5 aromatic rings. The van der Waals surface area contributed by atoms with Crippen LogP contribution in [0.3, 0.4) is 0 Å². The van der Waals surface area contributed by atoms with E-state index >= 15 is 0 Å². The molecule has 0 saturated carbocycles. The minimum atomic E-state index is -0.588. The summed E-state index contributed by atoms with van der Waals surface area (Å²) < 4.78 is 18.6. The van der Waals surface area contributed by atoms with Gasteiger partial charge in [-0.05, 0) is 90.4 Å². The molecule has 3 N–H and O–H groups in total. The lowest BCUT2D eigenvalue weighted by Gasteiger charge is -2.22. The van der Waals surface area contributed by atoms with Crippen molar-refractivity contribution in [2.24, 2.45) is 0 Å². The van der Waals surface area contributed by atoms with Gasteiger partial charge in [-0.15, -0.1) is 23.1 Å². The molecule has 0 spiro atoms. The van der Waals surface area contributed by atoms with Crippen molar-refractivity contribution < 1.29 is 28.3 Å². The van der Waals surface area contributed by atoms with Gasteiger partial charge in [0, 0.05) is 21.0 Å². The van der Waals surface area contributed by atoms with E-state index < -0.39 is 23.6 Å². The van der Waals surface area contributed by atoms with E-state index in [-0.39, 0.29) is 17.4 Å². The fraction of sp³-hybridized carbons (Fsp3) is 0.150. The van der Waals surface area contributed by atoms with Crippen molar-refractivity contribution in [3.05, 3.63) is 153 Å². The molecule has 4 aromatic carbocycles. The van der Waals surface area contributed by atoms with Crippen molar-refractivity contribution in [2.45, 2.75) is 30.1 Å². The number of thioether (sulfide) groups is 1. The molecule has 11 heteroatoms. The number of fused-ring (bicyclic) bond motifs is 1. The number of hydrogen-bond donors (Lipinski definition) is 3. The van der Waals surface area contributed by atoms with Gasteiger partial charge in [0.15, 0.2) is 0 Å². The number of benzene rings is 4. The monoisotopic (exact) mass is 719 g/mol. The zero-order valence-electron chi connectivity index (χ0n) is 27.6. The van der Waals surface area contributed by atoms with Crippen molar-refractivity contribution in [2.75, 3.05) is 23.5 Å². The molecule has 258 valence electrons. The molecule has 51 heavy (non-hydrogen) atoms. The second kappa shape index (κ2) is 16.5. The standard InChI is InChI=1S/C40H34FN3O5S2/c1-49-40(48)36-32-20-17-28(26-9-4-2-5-10-26)22-34(32)51-39(36)44-35(45)24-50-31-14-8-13-30(23-31)42-38(47)33(21-25-15-18-29(41)19-16-25)43-37(46)27-11-6-3-7-12-27/h2-16,18-19,21,23,28H,17,20,22,24H2,1H3,(H,42,47)(H,43,46)(H,44,45)/b33-21-. The third-order valence-electron chi connectivity index (χ3n) is 8.35. The normalized spacial score (nSPS) is 13.8. The van der Waals surface area contributed by atoms with Crippen LogP contribution in [0.1, 0.15) is 54.6 Å². The first-order valence-corrected chi connectivity index (χ1v) is 18.0. The van der Waals surface area contributed by atoms with Crippen LogP contribution in [0.2, 0.25) is 0 Å². The van der Waals surface area contributed by atoms with Crippen LogP contribution in [0.4, 0.5) is 15.1 Å². The predicted octanol–water partition coefficient (Wildman–Crippen LogP) is 8.09. The average Bonchev–Trinajstić information content (AvgIpc) is 3.52. The van der Waals surface area contributed by atoms with Crippen molar-refractivity contribution in [3.8, 4) is 0 Å². The molecule has 6 rings (SSSR count). The molecule has 1 atom stereocenters. The number of carbonyl (C=O) groups excluding carboxylic acids is 4. The molecular formula is C40H34FN3O5S2. The van der Waals surface area contributed by atoms with Gasteiger partial charge in [0.2, 0.25) is 5.91 Å². The number of carbonyl (C=O) groups is 4. The number of thiophene rings is 1. The van der Waals surface area contributed by atoms with E-state index in [2.05, 4.69) is 28.1 Å². The smallest absolute Gasteiger partial charge is 0.341 e. The summed E-state index contributed by atoms with van der Waals surface area (Å²) in [7, 11) is 1.34. The first-order chi connectivity index (χ1) is 24.8. The van der Waals surface area contributed by atoms with Crippen molar-refractivity contribution in [1.29, 1.82) is 0 Å². The number of ether oxygens (including phenoxy) is 1. The number of hydrogen-bond acceptors (Lipinski definition) is 7. The van der Waals surface area contributed by atoms with Crippen LogP contribution in [0.25, 0.3) is 6.08 Å². The molecule has 1 unspecified atom stereocenters. The van der Waals surface area contributed by atoms with Crippen LogP contribution in [0.5, 0.6) is 0 Å². The summed E-state index contributed by atoms with van der Waals surface area (Å²) in [6.07, 6.45) is 3.87. The number of methoxy groups -OCH3 is 1. The quantitative estimate of drug-likeness (QED) is 0.0723. The van der Waals surface area contributed by atoms with Gasteiger partial charge in [-0.3, -0.25) is 14.4 Å². The summed E-state index contributed by atoms with van der Waals surface area (Å²) >= 11 is 2.69. The Morgan fingerprint density at radius 3 is 2.35 bits per heavy atom. The van der Waals surface area contributed by atoms with Gasteiger partial charge >= 0.3 is 5.97 Å². The molecule has 1 aromatic heterocycles. The van der Waals surface area contributed by atoms with Gasteiger partial charge in [-0.25, -0.2) is 9.18 Å². The van der Waals surface area contributed by atoms with Gasteiger partial charge in [0.1, 0.15) is 16.5 Å². The summed E-state index contributed by atoms with van der Waals surface area (Å²) in [5, 5.41) is 8.91. The highest BCUT2D eigenvalue weighted by atomic mass is 32.2. The Balaban J connectivity index is 1.12.